The Morgan fingerprint density at radius 1 is 1.06 bits per heavy atom. The molecule has 0 saturated carbocycles. The lowest BCUT2D eigenvalue weighted by Crippen LogP contribution is -2.31. The van der Waals surface area contributed by atoms with Gasteiger partial charge in [-0.15, -0.1) is 0 Å². The summed E-state index contributed by atoms with van der Waals surface area (Å²) < 4.78 is 39.9. The molecular formula is C13H26F3NO. The second kappa shape index (κ2) is 8.75. The highest BCUT2D eigenvalue weighted by atomic mass is 19.4. The molecule has 0 aliphatic carbocycles. The van der Waals surface area contributed by atoms with E-state index in [1.54, 1.807) is 0 Å². The zero-order chi connectivity index (χ0) is 14.2. The summed E-state index contributed by atoms with van der Waals surface area (Å²) in [6.07, 6.45) is -3.60. The van der Waals surface area contributed by atoms with E-state index in [1.165, 1.54) is 0 Å². The van der Waals surface area contributed by atoms with E-state index >= 15 is 0 Å². The molecule has 0 aromatic heterocycles. The van der Waals surface area contributed by atoms with Gasteiger partial charge in [0.1, 0.15) is 6.61 Å². The predicted octanol–water partition coefficient (Wildman–Crippen LogP) is 3.47. The summed E-state index contributed by atoms with van der Waals surface area (Å²) in [5.41, 5.74) is 0. The van der Waals surface area contributed by atoms with Crippen LogP contribution in [0.4, 0.5) is 13.2 Å². The van der Waals surface area contributed by atoms with E-state index in [0.717, 1.165) is 6.54 Å². The first-order chi connectivity index (χ1) is 8.24. The number of halogens is 3. The molecule has 0 fully saturated rings. The Morgan fingerprint density at radius 3 is 2.06 bits per heavy atom. The van der Waals surface area contributed by atoms with Crippen LogP contribution in [0.5, 0.6) is 0 Å². The van der Waals surface area contributed by atoms with E-state index in [1.807, 2.05) is 0 Å². The summed E-state index contributed by atoms with van der Waals surface area (Å²) in [6, 6.07) is 0. The highest BCUT2D eigenvalue weighted by Gasteiger charge is 2.27. The van der Waals surface area contributed by atoms with Crippen molar-refractivity contribution >= 4 is 0 Å². The smallest absolute Gasteiger partial charge is 0.372 e. The van der Waals surface area contributed by atoms with Crippen LogP contribution in [0.1, 0.15) is 34.1 Å². The number of alkyl halides is 3. The van der Waals surface area contributed by atoms with Crippen molar-refractivity contribution in [3.05, 3.63) is 0 Å². The second-order valence-corrected chi connectivity index (χ2v) is 5.38. The molecule has 0 heterocycles. The molecule has 0 saturated heterocycles. The highest BCUT2D eigenvalue weighted by molar-refractivity contribution is 4.69. The van der Waals surface area contributed by atoms with Gasteiger partial charge >= 0.3 is 6.18 Å². The van der Waals surface area contributed by atoms with Gasteiger partial charge in [0.15, 0.2) is 0 Å². The zero-order valence-corrected chi connectivity index (χ0v) is 11.8. The van der Waals surface area contributed by atoms with Crippen LogP contribution < -0.4 is 5.32 Å². The summed E-state index contributed by atoms with van der Waals surface area (Å²) in [5, 5.41) is 3.28. The fourth-order valence-electron chi connectivity index (χ4n) is 2.00. The van der Waals surface area contributed by atoms with Gasteiger partial charge in [-0.1, -0.05) is 27.7 Å². The summed E-state index contributed by atoms with van der Waals surface area (Å²) in [5.74, 6) is 1.82. The van der Waals surface area contributed by atoms with E-state index in [4.69, 9.17) is 0 Å². The molecule has 0 aliphatic rings. The topological polar surface area (TPSA) is 21.3 Å². The number of ether oxygens (including phenoxy) is 1. The first-order valence-electron chi connectivity index (χ1n) is 6.59. The largest absolute Gasteiger partial charge is 0.411 e. The molecule has 0 atom stereocenters. The van der Waals surface area contributed by atoms with Crippen LogP contribution in [0, 0.1) is 17.8 Å². The van der Waals surface area contributed by atoms with Crippen molar-refractivity contribution in [2.24, 2.45) is 17.8 Å². The van der Waals surface area contributed by atoms with Gasteiger partial charge in [-0.05, 0) is 37.3 Å². The van der Waals surface area contributed by atoms with E-state index in [2.05, 4.69) is 37.7 Å². The van der Waals surface area contributed by atoms with Gasteiger partial charge in [0.25, 0.3) is 0 Å². The van der Waals surface area contributed by atoms with E-state index < -0.39 is 12.8 Å². The minimum Gasteiger partial charge on any atom is -0.372 e. The first-order valence-corrected chi connectivity index (χ1v) is 6.59. The second-order valence-electron chi connectivity index (χ2n) is 5.38. The van der Waals surface area contributed by atoms with E-state index in [0.29, 0.717) is 30.7 Å². The van der Waals surface area contributed by atoms with Crippen LogP contribution in [0.25, 0.3) is 0 Å². The molecule has 110 valence electrons. The Bertz CT molecular complexity index is 197. The van der Waals surface area contributed by atoms with Crippen LogP contribution in [0.15, 0.2) is 0 Å². The van der Waals surface area contributed by atoms with Gasteiger partial charge in [-0.2, -0.15) is 13.2 Å². The van der Waals surface area contributed by atoms with Crippen molar-refractivity contribution in [1.29, 1.82) is 0 Å². The van der Waals surface area contributed by atoms with Crippen molar-refractivity contribution < 1.29 is 17.9 Å². The van der Waals surface area contributed by atoms with Crippen molar-refractivity contribution in [3.63, 3.8) is 0 Å². The fraction of sp³-hybridized carbons (Fsp3) is 1.00. The normalized spacial score (nSPS) is 13.0. The molecule has 18 heavy (non-hydrogen) atoms. The van der Waals surface area contributed by atoms with Gasteiger partial charge < -0.3 is 10.1 Å². The van der Waals surface area contributed by atoms with Gasteiger partial charge in [0, 0.05) is 6.61 Å². The molecule has 0 amide bonds. The van der Waals surface area contributed by atoms with Crippen LogP contribution in [0.3, 0.4) is 0 Å². The molecule has 0 aromatic rings. The van der Waals surface area contributed by atoms with Crippen molar-refractivity contribution in [3.8, 4) is 0 Å². The standard InChI is InChI=1S/C13H26F3NO/c1-10(2)12(11(3)4)8-17-6-5-7-18-9-13(14,15)16/h10-12,17H,5-9H2,1-4H3. The van der Waals surface area contributed by atoms with Gasteiger partial charge in [-0.3, -0.25) is 0 Å². The third kappa shape index (κ3) is 9.71. The third-order valence-corrected chi connectivity index (χ3v) is 3.00. The zero-order valence-electron chi connectivity index (χ0n) is 11.8. The monoisotopic (exact) mass is 269 g/mol. The SMILES string of the molecule is CC(C)C(CNCCCOCC(F)(F)F)C(C)C. The van der Waals surface area contributed by atoms with Crippen LogP contribution in [-0.2, 0) is 4.74 Å². The Hall–Kier alpha value is -0.290. The van der Waals surface area contributed by atoms with Crippen molar-refractivity contribution in [2.75, 3.05) is 26.3 Å². The molecule has 0 spiro atoms. The molecule has 0 unspecified atom stereocenters. The average Bonchev–Trinajstić information content (AvgIpc) is 2.19. The number of hydrogen-bond acceptors (Lipinski definition) is 2. The predicted molar refractivity (Wildman–Crippen MR) is 67.5 cm³/mol. The van der Waals surface area contributed by atoms with Crippen LogP contribution >= 0.6 is 0 Å². The molecule has 5 heteroatoms. The molecule has 0 bridgehead atoms. The van der Waals surface area contributed by atoms with Crippen LogP contribution in [0.2, 0.25) is 0 Å². The maximum Gasteiger partial charge on any atom is 0.411 e. The molecule has 0 aliphatic heterocycles. The number of hydrogen-bond donors (Lipinski definition) is 1. The quantitative estimate of drug-likeness (QED) is 0.647. The first kappa shape index (κ1) is 17.7. The Morgan fingerprint density at radius 2 is 1.61 bits per heavy atom. The Balaban J connectivity index is 3.50. The fourth-order valence-corrected chi connectivity index (χ4v) is 2.00. The summed E-state index contributed by atoms with van der Waals surface area (Å²) in [4.78, 5) is 0. The molecule has 2 nitrogen and oxygen atoms in total. The van der Waals surface area contributed by atoms with Gasteiger partial charge in [-0.25, -0.2) is 0 Å². The van der Waals surface area contributed by atoms with E-state index in [9.17, 15) is 13.2 Å². The lowest BCUT2D eigenvalue weighted by atomic mass is 9.85. The summed E-state index contributed by atoms with van der Waals surface area (Å²) in [7, 11) is 0. The summed E-state index contributed by atoms with van der Waals surface area (Å²) >= 11 is 0. The lowest BCUT2D eigenvalue weighted by molar-refractivity contribution is -0.173. The maximum absolute atomic E-state index is 11.8. The van der Waals surface area contributed by atoms with Gasteiger partial charge in [0.2, 0.25) is 0 Å². The maximum atomic E-state index is 11.8. The van der Waals surface area contributed by atoms with Crippen LogP contribution in [-0.4, -0.2) is 32.5 Å². The molecule has 1 N–H and O–H groups in total. The van der Waals surface area contributed by atoms with Crippen molar-refractivity contribution in [2.45, 2.75) is 40.3 Å². The van der Waals surface area contributed by atoms with Crippen molar-refractivity contribution in [1.82, 2.24) is 5.32 Å². The Labute approximate surface area is 108 Å². The molecule has 0 radical (unpaired) electrons. The molecular weight excluding hydrogens is 243 g/mol. The highest BCUT2D eigenvalue weighted by Crippen LogP contribution is 2.19. The molecule has 0 aromatic carbocycles. The minimum absolute atomic E-state index is 0.153. The average molecular weight is 269 g/mol. The summed E-state index contributed by atoms with van der Waals surface area (Å²) in [6.45, 7) is 9.39. The third-order valence-electron chi connectivity index (χ3n) is 3.00. The minimum atomic E-state index is -4.21. The van der Waals surface area contributed by atoms with Gasteiger partial charge in [0.05, 0.1) is 0 Å². The Kier molecular flexibility index (Phi) is 8.61. The molecule has 0 rings (SSSR count). The number of nitrogens with one attached hydrogen (secondary N) is 1. The number of rotatable bonds is 9. The van der Waals surface area contributed by atoms with E-state index in [-0.39, 0.29) is 6.61 Å². The lowest BCUT2D eigenvalue weighted by Gasteiger charge is -2.25.